The number of carbonyl (C=O) groups excluding carboxylic acids is 1. The molecule has 0 radical (unpaired) electrons. The Morgan fingerprint density at radius 2 is 1.97 bits per heavy atom. The van der Waals surface area contributed by atoms with Crippen LogP contribution in [0, 0.1) is 0 Å². The van der Waals surface area contributed by atoms with Crippen molar-refractivity contribution in [2.24, 2.45) is 0 Å². The summed E-state index contributed by atoms with van der Waals surface area (Å²) in [6, 6.07) is 16.4. The molecule has 2 aromatic heterocycles. The van der Waals surface area contributed by atoms with Crippen LogP contribution in [0.4, 0.5) is 0 Å². The van der Waals surface area contributed by atoms with Crippen molar-refractivity contribution in [3.05, 3.63) is 82.3 Å². The standard InChI is InChI=1S/C26H24N2O4/c1-3-16-12-19(26(29)30-4-2)21-13-18-17-7-5-6-8-20(17)27-24(18)25(28(16)21)15-9-10-22-23(11-15)32-14-31-22/h5-12,25,27H,3-4,13-14H2,1-2H3. The topological polar surface area (TPSA) is 65.5 Å². The second-order valence-corrected chi connectivity index (χ2v) is 8.19. The van der Waals surface area contributed by atoms with Crippen molar-refractivity contribution in [2.45, 2.75) is 32.7 Å². The molecular weight excluding hydrogens is 404 g/mol. The lowest BCUT2D eigenvalue weighted by atomic mass is 9.91. The lowest BCUT2D eigenvalue weighted by molar-refractivity contribution is 0.0525. The summed E-state index contributed by atoms with van der Waals surface area (Å²) in [5, 5.41) is 1.19. The number of aromatic nitrogens is 2. The van der Waals surface area contributed by atoms with Crippen LogP contribution in [-0.2, 0) is 17.6 Å². The summed E-state index contributed by atoms with van der Waals surface area (Å²) in [6.45, 7) is 4.56. The van der Waals surface area contributed by atoms with Crippen molar-refractivity contribution in [1.29, 1.82) is 0 Å². The van der Waals surface area contributed by atoms with Crippen molar-refractivity contribution in [3.8, 4) is 11.5 Å². The number of benzene rings is 2. The molecule has 0 fully saturated rings. The number of para-hydroxylation sites is 1. The summed E-state index contributed by atoms with van der Waals surface area (Å²) in [4.78, 5) is 16.6. The summed E-state index contributed by atoms with van der Waals surface area (Å²) >= 11 is 0. The minimum atomic E-state index is -0.260. The molecule has 0 saturated carbocycles. The van der Waals surface area contributed by atoms with Gasteiger partial charge in [0.05, 0.1) is 18.2 Å². The molecule has 1 N–H and O–H groups in total. The summed E-state index contributed by atoms with van der Waals surface area (Å²) in [6.07, 6.45) is 1.48. The highest BCUT2D eigenvalue weighted by atomic mass is 16.7. The first kappa shape index (κ1) is 19.0. The largest absolute Gasteiger partial charge is 0.462 e. The van der Waals surface area contributed by atoms with Gasteiger partial charge in [-0.15, -0.1) is 0 Å². The molecular formula is C26H24N2O4. The maximum Gasteiger partial charge on any atom is 0.339 e. The van der Waals surface area contributed by atoms with Crippen molar-refractivity contribution < 1.29 is 19.0 Å². The first-order chi connectivity index (χ1) is 15.7. The van der Waals surface area contributed by atoms with Gasteiger partial charge in [0.1, 0.15) is 0 Å². The molecule has 32 heavy (non-hydrogen) atoms. The lowest BCUT2D eigenvalue weighted by Crippen LogP contribution is -2.24. The van der Waals surface area contributed by atoms with Crippen molar-refractivity contribution in [3.63, 3.8) is 0 Å². The fraction of sp³-hybridized carbons (Fsp3) is 0.269. The number of hydrogen-bond acceptors (Lipinski definition) is 4. The zero-order chi connectivity index (χ0) is 21.8. The molecule has 1 atom stereocenters. The summed E-state index contributed by atoms with van der Waals surface area (Å²) in [7, 11) is 0. The number of aryl methyl sites for hydroxylation is 1. The summed E-state index contributed by atoms with van der Waals surface area (Å²) in [5.74, 6) is 1.25. The van der Waals surface area contributed by atoms with Crippen LogP contribution in [0.1, 0.15) is 58.5 Å². The Balaban J connectivity index is 1.62. The van der Waals surface area contributed by atoms with E-state index in [2.05, 4.69) is 46.8 Å². The van der Waals surface area contributed by atoms with Gasteiger partial charge in [-0.2, -0.15) is 0 Å². The highest BCUT2D eigenvalue weighted by Crippen LogP contribution is 2.44. The van der Waals surface area contributed by atoms with Gasteiger partial charge < -0.3 is 23.8 Å². The van der Waals surface area contributed by atoms with Gasteiger partial charge in [-0.05, 0) is 48.7 Å². The van der Waals surface area contributed by atoms with Crippen molar-refractivity contribution in [2.75, 3.05) is 13.4 Å². The van der Waals surface area contributed by atoms with E-state index in [0.29, 0.717) is 18.6 Å². The molecule has 4 aromatic rings. The van der Waals surface area contributed by atoms with E-state index in [1.165, 1.54) is 10.9 Å². The van der Waals surface area contributed by atoms with Crippen LogP contribution in [-0.4, -0.2) is 28.9 Å². The van der Waals surface area contributed by atoms with Gasteiger partial charge in [0.2, 0.25) is 6.79 Å². The van der Waals surface area contributed by atoms with Gasteiger partial charge in [-0.25, -0.2) is 4.79 Å². The minimum Gasteiger partial charge on any atom is -0.462 e. The summed E-state index contributed by atoms with van der Waals surface area (Å²) in [5.41, 5.74) is 7.33. The van der Waals surface area contributed by atoms with Gasteiger partial charge in [0.15, 0.2) is 11.5 Å². The van der Waals surface area contributed by atoms with E-state index in [1.807, 2.05) is 25.1 Å². The Labute approximate surface area is 185 Å². The molecule has 0 spiro atoms. The average molecular weight is 428 g/mol. The zero-order valence-corrected chi connectivity index (χ0v) is 18.1. The van der Waals surface area contributed by atoms with Gasteiger partial charge in [-0.3, -0.25) is 0 Å². The Morgan fingerprint density at radius 3 is 2.81 bits per heavy atom. The number of esters is 1. The molecule has 2 aliphatic rings. The number of ether oxygens (including phenoxy) is 3. The van der Waals surface area contributed by atoms with E-state index in [4.69, 9.17) is 14.2 Å². The molecule has 6 nitrogen and oxygen atoms in total. The van der Waals surface area contributed by atoms with Crippen molar-refractivity contribution >= 4 is 16.9 Å². The number of H-pyrrole nitrogens is 1. The SMILES string of the molecule is CCOC(=O)c1cc(CC)n2c1Cc1c([nH]c3ccccc13)C2c1ccc2c(c1)OCO2. The molecule has 0 saturated heterocycles. The maximum atomic E-state index is 12.9. The Bertz CT molecular complexity index is 1360. The van der Waals surface area contributed by atoms with Crippen LogP contribution < -0.4 is 9.47 Å². The van der Waals surface area contributed by atoms with E-state index < -0.39 is 0 Å². The van der Waals surface area contributed by atoms with E-state index in [0.717, 1.165) is 46.1 Å². The highest BCUT2D eigenvalue weighted by Gasteiger charge is 2.35. The molecule has 6 heteroatoms. The maximum absolute atomic E-state index is 12.9. The minimum absolute atomic E-state index is 0.103. The molecule has 0 aliphatic carbocycles. The van der Waals surface area contributed by atoms with Crippen LogP contribution in [0.25, 0.3) is 10.9 Å². The number of nitrogens with one attached hydrogen (secondary N) is 1. The van der Waals surface area contributed by atoms with Gasteiger partial charge in [0, 0.05) is 34.4 Å². The van der Waals surface area contributed by atoms with E-state index in [1.54, 1.807) is 0 Å². The molecule has 1 unspecified atom stereocenters. The Hall–Kier alpha value is -3.67. The van der Waals surface area contributed by atoms with Gasteiger partial charge in [-0.1, -0.05) is 31.2 Å². The molecule has 0 amide bonds. The predicted octanol–water partition coefficient (Wildman–Crippen LogP) is 4.98. The second kappa shape index (κ2) is 7.19. The quantitative estimate of drug-likeness (QED) is 0.410. The summed E-state index contributed by atoms with van der Waals surface area (Å²) < 4.78 is 18.9. The normalized spacial score (nSPS) is 16.1. The zero-order valence-electron chi connectivity index (χ0n) is 18.1. The first-order valence-electron chi connectivity index (χ1n) is 11.1. The first-order valence-corrected chi connectivity index (χ1v) is 11.1. The number of fused-ring (bicyclic) bond motifs is 5. The van der Waals surface area contributed by atoms with Crippen LogP contribution in [0.5, 0.6) is 11.5 Å². The number of nitrogens with zero attached hydrogens (tertiary/aromatic N) is 1. The second-order valence-electron chi connectivity index (χ2n) is 8.19. The molecule has 2 aliphatic heterocycles. The van der Waals surface area contributed by atoms with Crippen LogP contribution in [0.3, 0.4) is 0 Å². The molecule has 162 valence electrons. The predicted molar refractivity (Wildman–Crippen MR) is 121 cm³/mol. The number of aromatic amines is 1. The third-order valence-corrected chi connectivity index (χ3v) is 6.51. The van der Waals surface area contributed by atoms with Gasteiger partial charge >= 0.3 is 5.97 Å². The Kier molecular flexibility index (Phi) is 4.28. The van der Waals surface area contributed by atoms with E-state index in [-0.39, 0.29) is 18.8 Å². The highest BCUT2D eigenvalue weighted by molar-refractivity contribution is 5.93. The number of rotatable bonds is 4. The molecule has 0 bridgehead atoms. The third kappa shape index (κ3) is 2.68. The van der Waals surface area contributed by atoms with E-state index in [9.17, 15) is 4.79 Å². The van der Waals surface area contributed by atoms with E-state index >= 15 is 0 Å². The number of hydrogen-bond donors (Lipinski definition) is 1. The van der Waals surface area contributed by atoms with Crippen LogP contribution >= 0.6 is 0 Å². The van der Waals surface area contributed by atoms with Gasteiger partial charge in [0.25, 0.3) is 0 Å². The molecule has 4 heterocycles. The fourth-order valence-electron chi connectivity index (χ4n) is 5.12. The third-order valence-electron chi connectivity index (χ3n) is 6.51. The monoisotopic (exact) mass is 428 g/mol. The van der Waals surface area contributed by atoms with Crippen molar-refractivity contribution in [1.82, 2.24) is 9.55 Å². The lowest BCUT2D eigenvalue weighted by Gasteiger charge is -2.30. The number of carbonyl (C=O) groups is 1. The van der Waals surface area contributed by atoms with Crippen LogP contribution in [0.2, 0.25) is 0 Å². The molecule has 6 rings (SSSR count). The molecule has 2 aromatic carbocycles. The Morgan fingerprint density at radius 1 is 1.12 bits per heavy atom. The van der Waals surface area contributed by atoms with Crippen LogP contribution in [0.15, 0.2) is 48.5 Å². The smallest absolute Gasteiger partial charge is 0.339 e. The fourth-order valence-corrected chi connectivity index (χ4v) is 5.12. The average Bonchev–Trinajstić information content (AvgIpc) is 3.52.